The lowest BCUT2D eigenvalue weighted by Crippen LogP contribution is -2.33. The van der Waals surface area contributed by atoms with Crippen LogP contribution < -0.4 is 0 Å². The number of hydrogen-bond donors (Lipinski definition) is 0. The Morgan fingerprint density at radius 3 is 3.14 bits per heavy atom. The molecular weight excluding hydrogens is 190 g/mol. The van der Waals surface area contributed by atoms with Crippen molar-refractivity contribution in [3.05, 3.63) is 21.9 Å². The monoisotopic (exact) mass is 207 g/mol. The van der Waals surface area contributed by atoms with Gasteiger partial charge in [0.2, 0.25) is 0 Å². The van der Waals surface area contributed by atoms with Gasteiger partial charge >= 0.3 is 0 Å². The van der Waals surface area contributed by atoms with Crippen LogP contribution in [0.1, 0.15) is 30.2 Å². The molecule has 0 radical (unpaired) electrons. The third-order valence-corrected chi connectivity index (χ3v) is 4.62. The number of fused-ring (bicyclic) bond motifs is 1. The fourth-order valence-corrected chi connectivity index (χ4v) is 3.24. The van der Waals surface area contributed by atoms with Crippen LogP contribution >= 0.6 is 11.3 Å². The van der Waals surface area contributed by atoms with Crippen LogP contribution in [0.15, 0.2) is 11.4 Å². The van der Waals surface area contributed by atoms with E-state index in [1.165, 1.54) is 38.9 Å². The summed E-state index contributed by atoms with van der Waals surface area (Å²) >= 11 is 1.93. The molecule has 1 aromatic rings. The Morgan fingerprint density at radius 1 is 1.50 bits per heavy atom. The Morgan fingerprint density at radius 2 is 2.36 bits per heavy atom. The molecule has 2 aliphatic rings. The molecule has 0 saturated heterocycles. The van der Waals surface area contributed by atoms with Crippen LogP contribution in [0.3, 0.4) is 0 Å². The van der Waals surface area contributed by atoms with Crippen molar-refractivity contribution >= 4 is 11.3 Å². The highest BCUT2D eigenvalue weighted by Gasteiger charge is 2.39. The molecule has 2 heteroatoms. The van der Waals surface area contributed by atoms with Gasteiger partial charge in [0.25, 0.3) is 0 Å². The number of nitrogens with zero attached hydrogens (tertiary/aromatic N) is 1. The van der Waals surface area contributed by atoms with E-state index in [-0.39, 0.29) is 0 Å². The van der Waals surface area contributed by atoms with E-state index in [9.17, 15) is 0 Å². The molecule has 14 heavy (non-hydrogen) atoms. The van der Waals surface area contributed by atoms with Crippen LogP contribution in [0.4, 0.5) is 0 Å². The van der Waals surface area contributed by atoms with Gasteiger partial charge in [-0.1, -0.05) is 6.92 Å². The van der Waals surface area contributed by atoms with Crippen molar-refractivity contribution in [3.63, 3.8) is 0 Å². The van der Waals surface area contributed by atoms with Crippen molar-refractivity contribution < 1.29 is 0 Å². The Balaban J connectivity index is 1.69. The molecule has 2 heterocycles. The smallest absolute Gasteiger partial charge is 0.0245 e. The predicted octanol–water partition coefficient (Wildman–Crippen LogP) is 2.91. The second kappa shape index (κ2) is 3.07. The van der Waals surface area contributed by atoms with Crippen LogP contribution in [0, 0.1) is 5.41 Å². The lowest BCUT2D eigenvalue weighted by Gasteiger charge is -2.29. The van der Waals surface area contributed by atoms with E-state index < -0.39 is 0 Å². The fraction of sp³-hybridized carbons (Fsp3) is 0.667. The molecule has 0 bridgehead atoms. The van der Waals surface area contributed by atoms with E-state index in [1.54, 1.807) is 10.4 Å². The van der Waals surface area contributed by atoms with Crippen molar-refractivity contribution in [1.29, 1.82) is 0 Å². The minimum absolute atomic E-state index is 0.674. The Kier molecular flexibility index (Phi) is 1.96. The second-order valence-corrected chi connectivity index (χ2v) is 6.14. The summed E-state index contributed by atoms with van der Waals surface area (Å²) < 4.78 is 0. The van der Waals surface area contributed by atoms with E-state index in [0.29, 0.717) is 5.41 Å². The molecule has 1 fully saturated rings. The molecule has 1 aromatic heterocycles. The third-order valence-electron chi connectivity index (χ3n) is 3.60. The van der Waals surface area contributed by atoms with E-state index in [0.717, 1.165) is 0 Å². The highest BCUT2D eigenvalue weighted by Crippen LogP contribution is 2.46. The number of hydrogen-bond acceptors (Lipinski definition) is 2. The van der Waals surface area contributed by atoms with Crippen LogP contribution in [-0.2, 0) is 13.0 Å². The van der Waals surface area contributed by atoms with Gasteiger partial charge in [0.05, 0.1) is 0 Å². The van der Waals surface area contributed by atoms with Gasteiger partial charge in [-0.3, -0.25) is 4.90 Å². The Labute approximate surface area is 89.7 Å². The zero-order valence-electron chi connectivity index (χ0n) is 8.75. The van der Waals surface area contributed by atoms with Gasteiger partial charge in [-0.15, -0.1) is 11.3 Å². The molecule has 1 aliphatic carbocycles. The standard InChI is InChI=1S/C12H17NS/c1-12(4-5-12)9-13-6-2-11-10(8-13)3-7-14-11/h3,7H,2,4-6,8-9H2,1H3. The first-order valence-electron chi connectivity index (χ1n) is 5.53. The van der Waals surface area contributed by atoms with Crippen molar-refractivity contribution in [3.8, 4) is 0 Å². The van der Waals surface area contributed by atoms with Crippen LogP contribution in [-0.4, -0.2) is 18.0 Å². The Hall–Kier alpha value is -0.340. The summed E-state index contributed by atoms with van der Waals surface area (Å²) in [5.74, 6) is 0. The molecule has 0 atom stereocenters. The molecule has 0 spiro atoms. The van der Waals surface area contributed by atoms with E-state index in [4.69, 9.17) is 0 Å². The molecule has 1 nitrogen and oxygen atoms in total. The van der Waals surface area contributed by atoms with Gasteiger partial charge in [0, 0.05) is 24.5 Å². The summed E-state index contributed by atoms with van der Waals surface area (Å²) in [5.41, 5.74) is 2.26. The summed E-state index contributed by atoms with van der Waals surface area (Å²) in [7, 11) is 0. The average Bonchev–Trinajstić information content (AvgIpc) is 2.73. The van der Waals surface area contributed by atoms with Crippen molar-refractivity contribution in [2.24, 2.45) is 5.41 Å². The maximum atomic E-state index is 2.64. The van der Waals surface area contributed by atoms with Gasteiger partial charge in [0.15, 0.2) is 0 Å². The van der Waals surface area contributed by atoms with E-state index in [2.05, 4.69) is 23.3 Å². The lowest BCUT2D eigenvalue weighted by molar-refractivity contribution is 0.212. The highest BCUT2D eigenvalue weighted by molar-refractivity contribution is 7.10. The number of rotatable bonds is 2. The van der Waals surface area contributed by atoms with Crippen molar-refractivity contribution in [2.75, 3.05) is 13.1 Å². The maximum absolute atomic E-state index is 2.64. The van der Waals surface area contributed by atoms with Gasteiger partial charge in [-0.25, -0.2) is 0 Å². The first-order valence-corrected chi connectivity index (χ1v) is 6.41. The van der Waals surface area contributed by atoms with E-state index >= 15 is 0 Å². The lowest BCUT2D eigenvalue weighted by atomic mass is 10.1. The maximum Gasteiger partial charge on any atom is 0.0245 e. The topological polar surface area (TPSA) is 3.24 Å². The molecule has 76 valence electrons. The molecule has 0 aromatic carbocycles. The van der Waals surface area contributed by atoms with Crippen molar-refractivity contribution in [1.82, 2.24) is 4.90 Å². The number of thiophene rings is 1. The van der Waals surface area contributed by atoms with Crippen molar-refractivity contribution in [2.45, 2.75) is 32.7 Å². The summed E-state index contributed by atoms with van der Waals surface area (Å²) in [6.45, 7) is 6.23. The zero-order valence-corrected chi connectivity index (χ0v) is 9.57. The van der Waals surface area contributed by atoms with Gasteiger partial charge in [-0.2, -0.15) is 0 Å². The first-order chi connectivity index (χ1) is 6.75. The summed E-state index contributed by atoms with van der Waals surface area (Å²) in [6.07, 6.45) is 4.17. The molecule has 0 N–H and O–H groups in total. The zero-order chi connectivity index (χ0) is 9.60. The molecule has 1 saturated carbocycles. The average molecular weight is 207 g/mol. The second-order valence-electron chi connectivity index (χ2n) is 5.14. The SMILES string of the molecule is CC1(CN2CCc3sccc3C2)CC1. The van der Waals surface area contributed by atoms with Gasteiger partial charge in [0.1, 0.15) is 0 Å². The molecule has 3 rings (SSSR count). The summed E-state index contributed by atoms with van der Waals surface area (Å²) in [6, 6.07) is 2.31. The quantitative estimate of drug-likeness (QED) is 0.721. The van der Waals surface area contributed by atoms with Crippen LogP contribution in [0.2, 0.25) is 0 Å². The minimum atomic E-state index is 0.674. The summed E-state index contributed by atoms with van der Waals surface area (Å²) in [4.78, 5) is 4.27. The van der Waals surface area contributed by atoms with Crippen LogP contribution in [0.5, 0.6) is 0 Å². The minimum Gasteiger partial charge on any atom is -0.298 e. The van der Waals surface area contributed by atoms with Gasteiger partial charge < -0.3 is 0 Å². The largest absolute Gasteiger partial charge is 0.298 e. The normalized spacial score (nSPS) is 24.6. The third kappa shape index (κ3) is 1.61. The summed E-state index contributed by atoms with van der Waals surface area (Å²) in [5, 5.41) is 2.24. The molecular formula is C12H17NS. The fourth-order valence-electron chi connectivity index (χ4n) is 2.35. The first kappa shape index (κ1) is 8.93. The highest BCUT2D eigenvalue weighted by atomic mass is 32.1. The molecule has 0 unspecified atom stereocenters. The molecule has 0 amide bonds. The Bertz CT molecular complexity index is 338. The molecule has 1 aliphatic heterocycles. The van der Waals surface area contributed by atoms with Crippen LogP contribution in [0.25, 0.3) is 0 Å². The van der Waals surface area contributed by atoms with E-state index in [1.807, 2.05) is 11.3 Å². The van der Waals surface area contributed by atoms with Gasteiger partial charge in [-0.05, 0) is 41.7 Å². The predicted molar refractivity (Wildman–Crippen MR) is 60.6 cm³/mol.